The van der Waals surface area contributed by atoms with Gasteiger partial charge in [-0.05, 0) is 102 Å². The fourth-order valence-electron chi connectivity index (χ4n) is 7.48. The number of halogens is 1. The van der Waals surface area contributed by atoms with Gasteiger partial charge in [0.05, 0.1) is 0 Å². The second-order valence-corrected chi connectivity index (χ2v) is 13.8. The molecule has 0 bridgehead atoms. The van der Waals surface area contributed by atoms with E-state index in [1.54, 1.807) is 0 Å². The van der Waals surface area contributed by atoms with E-state index >= 15 is 0 Å². The third kappa shape index (κ3) is 3.15. The predicted octanol–water partition coefficient (Wildman–Crippen LogP) is 12.2. The van der Waals surface area contributed by atoms with Crippen LogP contribution in [0.5, 0.6) is 0 Å². The summed E-state index contributed by atoms with van der Waals surface area (Å²) < 4.78 is 3.82. The van der Waals surface area contributed by atoms with Crippen molar-refractivity contribution in [3.63, 3.8) is 0 Å². The molecule has 1 aromatic heterocycles. The lowest BCUT2D eigenvalue weighted by Crippen LogP contribution is -2.16. The zero-order valence-corrected chi connectivity index (χ0v) is 25.2. The van der Waals surface area contributed by atoms with Crippen molar-refractivity contribution in [1.82, 2.24) is 0 Å². The van der Waals surface area contributed by atoms with Crippen LogP contribution in [-0.4, -0.2) is 0 Å². The van der Waals surface area contributed by atoms with E-state index in [0.717, 1.165) is 4.47 Å². The van der Waals surface area contributed by atoms with Gasteiger partial charge in [0.15, 0.2) is 0 Å². The SMILES string of the molecule is CC1(C)c2cc(Br)ccc2-c2c1c1c3ccccc3c(-c3ccc4sc5ccccc5c4c3)cc1c1ccccc21. The Morgan fingerprint density at radius 1 is 0.537 bits per heavy atom. The molecule has 1 heterocycles. The molecule has 0 N–H and O–H groups in total. The highest BCUT2D eigenvalue weighted by Gasteiger charge is 2.39. The lowest BCUT2D eigenvalue weighted by molar-refractivity contribution is 0.666. The lowest BCUT2D eigenvalue weighted by Gasteiger charge is -2.25. The molecule has 0 unspecified atom stereocenters. The van der Waals surface area contributed by atoms with Crippen LogP contribution in [0, 0.1) is 0 Å². The van der Waals surface area contributed by atoms with Gasteiger partial charge >= 0.3 is 0 Å². The first-order chi connectivity index (χ1) is 20.0. The van der Waals surface area contributed by atoms with E-state index in [1.807, 2.05) is 11.3 Å². The van der Waals surface area contributed by atoms with Crippen LogP contribution in [0.2, 0.25) is 0 Å². The van der Waals surface area contributed by atoms with Crippen LogP contribution in [-0.2, 0) is 5.41 Å². The van der Waals surface area contributed by atoms with E-state index < -0.39 is 0 Å². The second kappa shape index (κ2) is 8.28. The van der Waals surface area contributed by atoms with Gasteiger partial charge in [0, 0.05) is 30.1 Å². The first-order valence-corrected chi connectivity index (χ1v) is 15.7. The van der Waals surface area contributed by atoms with Gasteiger partial charge in [-0.25, -0.2) is 0 Å². The first kappa shape index (κ1) is 23.7. The Labute approximate surface area is 251 Å². The Bertz CT molecular complexity index is 2410. The maximum Gasteiger partial charge on any atom is 0.0355 e. The smallest absolute Gasteiger partial charge is 0.0355 e. The molecular weight excluding hydrogens is 580 g/mol. The van der Waals surface area contributed by atoms with Crippen LogP contribution < -0.4 is 0 Å². The Balaban J connectivity index is 1.46. The fourth-order valence-corrected chi connectivity index (χ4v) is 8.92. The molecule has 0 atom stereocenters. The van der Waals surface area contributed by atoms with Gasteiger partial charge in [-0.1, -0.05) is 109 Å². The van der Waals surface area contributed by atoms with E-state index in [-0.39, 0.29) is 5.41 Å². The monoisotopic (exact) mass is 604 g/mol. The molecule has 0 fully saturated rings. The van der Waals surface area contributed by atoms with Crippen molar-refractivity contribution >= 4 is 79.8 Å². The van der Waals surface area contributed by atoms with Crippen molar-refractivity contribution in [2.24, 2.45) is 0 Å². The molecule has 0 amide bonds. The van der Waals surface area contributed by atoms with Crippen molar-refractivity contribution in [2.45, 2.75) is 19.3 Å². The fraction of sp³-hybridized carbons (Fsp3) is 0.0769. The zero-order valence-electron chi connectivity index (χ0n) is 22.8. The second-order valence-electron chi connectivity index (χ2n) is 11.8. The Hall–Kier alpha value is -3.98. The van der Waals surface area contributed by atoms with Crippen molar-refractivity contribution in [1.29, 1.82) is 0 Å². The summed E-state index contributed by atoms with van der Waals surface area (Å²) in [6.45, 7) is 4.80. The average molecular weight is 606 g/mol. The van der Waals surface area contributed by atoms with Gasteiger partial charge in [-0.2, -0.15) is 0 Å². The topological polar surface area (TPSA) is 0 Å². The van der Waals surface area contributed by atoms with Crippen LogP contribution in [0.15, 0.2) is 120 Å². The van der Waals surface area contributed by atoms with Gasteiger partial charge in [0.25, 0.3) is 0 Å². The summed E-state index contributed by atoms with van der Waals surface area (Å²) in [6, 6.07) is 43.2. The van der Waals surface area contributed by atoms with Crippen molar-refractivity contribution < 1.29 is 0 Å². The summed E-state index contributed by atoms with van der Waals surface area (Å²) >= 11 is 5.64. The maximum atomic E-state index is 3.77. The van der Waals surface area contributed by atoms with E-state index in [2.05, 4.69) is 145 Å². The van der Waals surface area contributed by atoms with Crippen LogP contribution in [0.1, 0.15) is 25.0 Å². The van der Waals surface area contributed by atoms with E-state index in [1.165, 1.54) is 85.9 Å². The average Bonchev–Trinajstić information content (AvgIpc) is 3.48. The molecule has 1 aliphatic rings. The molecule has 0 aliphatic heterocycles. The van der Waals surface area contributed by atoms with Crippen LogP contribution in [0.4, 0.5) is 0 Å². The Morgan fingerprint density at radius 2 is 1.22 bits per heavy atom. The number of fused-ring (bicyclic) bond motifs is 13. The summed E-state index contributed by atoms with van der Waals surface area (Å²) in [5, 5.41) is 10.7. The number of thiophene rings is 1. The third-order valence-electron chi connectivity index (χ3n) is 9.27. The molecule has 0 radical (unpaired) electrons. The molecule has 0 saturated heterocycles. The van der Waals surface area contributed by atoms with Crippen LogP contribution in [0.25, 0.3) is 74.7 Å². The third-order valence-corrected chi connectivity index (χ3v) is 10.9. The van der Waals surface area contributed by atoms with Crippen molar-refractivity contribution in [2.75, 3.05) is 0 Å². The summed E-state index contributed by atoms with van der Waals surface area (Å²) in [5.74, 6) is 0. The zero-order chi connectivity index (χ0) is 27.5. The molecule has 41 heavy (non-hydrogen) atoms. The molecule has 2 heteroatoms. The first-order valence-electron chi connectivity index (χ1n) is 14.1. The summed E-state index contributed by atoms with van der Waals surface area (Å²) in [4.78, 5) is 0. The van der Waals surface area contributed by atoms with Gasteiger partial charge in [0.2, 0.25) is 0 Å². The van der Waals surface area contributed by atoms with Crippen LogP contribution in [0.3, 0.4) is 0 Å². The molecule has 1 aliphatic carbocycles. The Kier molecular flexibility index (Phi) is 4.79. The highest BCUT2D eigenvalue weighted by Crippen LogP contribution is 2.56. The van der Waals surface area contributed by atoms with Crippen LogP contribution >= 0.6 is 27.3 Å². The quantitative estimate of drug-likeness (QED) is 0.163. The molecule has 0 spiro atoms. The lowest BCUT2D eigenvalue weighted by atomic mass is 9.77. The Morgan fingerprint density at radius 3 is 2.05 bits per heavy atom. The molecule has 9 rings (SSSR count). The number of rotatable bonds is 1. The highest BCUT2D eigenvalue weighted by molar-refractivity contribution is 9.10. The molecule has 0 nitrogen and oxygen atoms in total. The molecule has 8 aromatic rings. The molecule has 0 saturated carbocycles. The summed E-state index contributed by atoms with van der Waals surface area (Å²) in [6.07, 6.45) is 0. The summed E-state index contributed by atoms with van der Waals surface area (Å²) in [5.41, 5.74) is 8.03. The van der Waals surface area contributed by atoms with E-state index in [4.69, 9.17) is 0 Å². The van der Waals surface area contributed by atoms with Gasteiger partial charge in [-0.15, -0.1) is 11.3 Å². The van der Waals surface area contributed by atoms with E-state index in [0.29, 0.717) is 0 Å². The van der Waals surface area contributed by atoms with Gasteiger partial charge in [0.1, 0.15) is 0 Å². The van der Waals surface area contributed by atoms with E-state index in [9.17, 15) is 0 Å². The molecule has 194 valence electrons. The molecular formula is C39H25BrS. The number of hydrogen-bond acceptors (Lipinski definition) is 1. The summed E-state index contributed by atoms with van der Waals surface area (Å²) in [7, 11) is 0. The minimum Gasteiger partial charge on any atom is -0.135 e. The van der Waals surface area contributed by atoms with Gasteiger partial charge < -0.3 is 0 Å². The number of hydrogen-bond donors (Lipinski definition) is 0. The predicted molar refractivity (Wildman–Crippen MR) is 183 cm³/mol. The maximum absolute atomic E-state index is 3.77. The minimum absolute atomic E-state index is 0.129. The minimum atomic E-state index is -0.129. The van der Waals surface area contributed by atoms with Crippen molar-refractivity contribution in [3.05, 3.63) is 131 Å². The highest BCUT2D eigenvalue weighted by atomic mass is 79.9. The standard InChI is InChI=1S/C39H25BrS/c1-39(2)33-20-23(40)16-17-29(33)36-28-13-6-4-10-25(28)32-21-30(24-9-3-5-12-27(24)37(32)38(36)39)22-15-18-35-31(19-22)26-11-7-8-14-34(26)41-35/h3-21H,1-2H3. The molecule has 7 aromatic carbocycles. The largest absolute Gasteiger partial charge is 0.135 e. The normalized spacial score (nSPS) is 13.9. The number of benzene rings is 7. The van der Waals surface area contributed by atoms with Crippen molar-refractivity contribution in [3.8, 4) is 22.3 Å². The van der Waals surface area contributed by atoms with Gasteiger partial charge in [-0.3, -0.25) is 0 Å².